The molecule has 1 aromatic heterocycles. The number of rotatable bonds is 9. The first kappa shape index (κ1) is 19.6. The molecule has 144 valence electrons. The second-order valence-corrected chi connectivity index (χ2v) is 6.79. The molecule has 0 radical (unpaired) electrons. The molecular formula is C22H22N2O3S. The van der Waals surface area contributed by atoms with Crippen LogP contribution in [-0.4, -0.2) is 24.1 Å². The average Bonchev–Trinajstić information content (AvgIpc) is 3.17. The maximum atomic E-state index is 12.2. The van der Waals surface area contributed by atoms with Crippen LogP contribution in [-0.2, 0) is 11.2 Å². The molecule has 0 aliphatic rings. The lowest BCUT2D eigenvalue weighted by atomic mass is 10.1. The van der Waals surface area contributed by atoms with Gasteiger partial charge in [0.2, 0.25) is 0 Å². The topological polar surface area (TPSA) is 60.5 Å². The van der Waals surface area contributed by atoms with Crippen molar-refractivity contribution in [2.45, 2.75) is 13.3 Å². The number of ether oxygens (including phenoxy) is 2. The Morgan fingerprint density at radius 3 is 2.71 bits per heavy atom. The summed E-state index contributed by atoms with van der Waals surface area (Å²) in [6.07, 6.45) is 2.50. The van der Waals surface area contributed by atoms with E-state index in [2.05, 4.69) is 16.9 Å². The maximum Gasteiger partial charge on any atom is 0.264 e. The van der Waals surface area contributed by atoms with Crippen LogP contribution >= 0.6 is 11.3 Å². The summed E-state index contributed by atoms with van der Waals surface area (Å²) in [6.45, 7) is 6.24. The highest BCUT2D eigenvalue weighted by Crippen LogP contribution is 2.26. The van der Waals surface area contributed by atoms with Crippen LogP contribution in [0.2, 0.25) is 0 Å². The second-order valence-electron chi connectivity index (χ2n) is 5.93. The van der Waals surface area contributed by atoms with E-state index in [1.807, 2.05) is 60.8 Å². The molecule has 0 aliphatic heterocycles. The molecule has 0 fully saturated rings. The summed E-state index contributed by atoms with van der Waals surface area (Å²) in [4.78, 5) is 16.7. The highest BCUT2D eigenvalue weighted by molar-refractivity contribution is 7.14. The highest BCUT2D eigenvalue weighted by atomic mass is 32.1. The fourth-order valence-corrected chi connectivity index (χ4v) is 3.36. The molecule has 1 N–H and O–H groups in total. The zero-order valence-corrected chi connectivity index (χ0v) is 16.5. The molecule has 28 heavy (non-hydrogen) atoms. The highest BCUT2D eigenvalue weighted by Gasteiger charge is 2.10. The number of aromatic nitrogens is 1. The van der Waals surface area contributed by atoms with Crippen molar-refractivity contribution < 1.29 is 14.3 Å². The molecule has 3 rings (SSSR count). The van der Waals surface area contributed by atoms with Gasteiger partial charge in [0.05, 0.1) is 12.3 Å². The molecule has 6 heteroatoms. The number of hydrogen-bond donors (Lipinski definition) is 1. The number of carbonyl (C=O) groups excluding carboxylic acids is 1. The van der Waals surface area contributed by atoms with E-state index in [-0.39, 0.29) is 12.5 Å². The number of para-hydroxylation sites is 1. The molecule has 1 heterocycles. The fraction of sp³-hybridized carbons (Fsp3) is 0.182. The summed E-state index contributed by atoms with van der Waals surface area (Å²) >= 11 is 1.38. The minimum absolute atomic E-state index is 0.0773. The van der Waals surface area contributed by atoms with Gasteiger partial charge in [0.1, 0.15) is 11.5 Å². The fourth-order valence-electron chi connectivity index (χ4n) is 2.62. The molecule has 0 saturated heterocycles. The standard InChI is InChI=1S/C22H22N2O3S/c1-3-7-17-8-5-6-9-20(17)27-14-21(25)24-22-23-19(15-28-22)16-10-12-18(13-11-16)26-4-2/h3,5-6,8-13,15H,1,4,7,14H2,2H3,(H,23,24,25). The Balaban J connectivity index is 1.57. The first-order valence-electron chi connectivity index (χ1n) is 8.99. The van der Waals surface area contributed by atoms with Crippen LogP contribution in [0.15, 0.2) is 66.6 Å². The van der Waals surface area contributed by atoms with Crippen LogP contribution in [0.5, 0.6) is 11.5 Å². The quantitative estimate of drug-likeness (QED) is 0.522. The molecule has 2 aromatic carbocycles. The van der Waals surface area contributed by atoms with Crippen LogP contribution < -0.4 is 14.8 Å². The van der Waals surface area contributed by atoms with E-state index in [0.29, 0.717) is 23.9 Å². The molecular weight excluding hydrogens is 372 g/mol. The number of allylic oxidation sites excluding steroid dienone is 1. The van der Waals surface area contributed by atoms with Gasteiger partial charge in [-0.05, 0) is 49.2 Å². The van der Waals surface area contributed by atoms with Crippen molar-refractivity contribution in [1.29, 1.82) is 0 Å². The van der Waals surface area contributed by atoms with Crippen LogP contribution in [0, 0.1) is 0 Å². The van der Waals surface area contributed by atoms with Gasteiger partial charge in [0, 0.05) is 10.9 Å². The summed E-state index contributed by atoms with van der Waals surface area (Å²) in [5.74, 6) is 1.26. The third-order valence-electron chi connectivity index (χ3n) is 3.91. The monoisotopic (exact) mass is 394 g/mol. The Kier molecular flexibility index (Phi) is 6.81. The van der Waals surface area contributed by atoms with Gasteiger partial charge < -0.3 is 9.47 Å². The van der Waals surface area contributed by atoms with Gasteiger partial charge in [-0.2, -0.15) is 0 Å². The molecule has 0 aliphatic carbocycles. The molecule has 0 saturated carbocycles. The molecule has 5 nitrogen and oxygen atoms in total. The van der Waals surface area contributed by atoms with Gasteiger partial charge in [-0.15, -0.1) is 17.9 Å². The third kappa shape index (κ3) is 5.20. The van der Waals surface area contributed by atoms with Crippen molar-refractivity contribution in [2.75, 3.05) is 18.5 Å². The van der Waals surface area contributed by atoms with E-state index < -0.39 is 0 Å². The van der Waals surface area contributed by atoms with Gasteiger partial charge >= 0.3 is 0 Å². The SMILES string of the molecule is C=CCc1ccccc1OCC(=O)Nc1nc(-c2ccc(OCC)cc2)cs1. The lowest BCUT2D eigenvalue weighted by Crippen LogP contribution is -2.20. The van der Waals surface area contributed by atoms with Crippen molar-refractivity contribution in [1.82, 2.24) is 4.98 Å². The van der Waals surface area contributed by atoms with Crippen molar-refractivity contribution in [3.05, 3.63) is 72.1 Å². The van der Waals surface area contributed by atoms with Crippen molar-refractivity contribution >= 4 is 22.4 Å². The minimum atomic E-state index is -0.249. The Labute approximate surface area is 168 Å². The zero-order chi connectivity index (χ0) is 19.8. The molecule has 0 atom stereocenters. The average molecular weight is 394 g/mol. The van der Waals surface area contributed by atoms with Gasteiger partial charge in [-0.25, -0.2) is 4.98 Å². The van der Waals surface area contributed by atoms with Gasteiger partial charge in [-0.1, -0.05) is 24.3 Å². The first-order chi connectivity index (χ1) is 13.7. The van der Waals surface area contributed by atoms with Gasteiger partial charge in [0.25, 0.3) is 5.91 Å². The smallest absolute Gasteiger partial charge is 0.264 e. The number of benzene rings is 2. The number of nitrogens with zero attached hydrogens (tertiary/aromatic N) is 1. The predicted octanol–water partition coefficient (Wildman–Crippen LogP) is 4.95. The van der Waals surface area contributed by atoms with E-state index in [1.54, 1.807) is 6.08 Å². The number of thiazole rings is 1. The van der Waals surface area contributed by atoms with E-state index in [4.69, 9.17) is 9.47 Å². The number of amides is 1. The summed E-state index contributed by atoms with van der Waals surface area (Å²) in [6, 6.07) is 15.3. The largest absolute Gasteiger partial charge is 0.494 e. The second kappa shape index (κ2) is 9.71. The molecule has 0 bridgehead atoms. The number of hydrogen-bond acceptors (Lipinski definition) is 5. The Hall–Kier alpha value is -3.12. The van der Waals surface area contributed by atoms with E-state index in [1.165, 1.54) is 11.3 Å². The van der Waals surface area contributed by atoms with Gasteiger partial charge in [0.15, 0.2) is 11.7 Å². The van der Waals surface area contributed by atoms with Crippen LogP contribution in [0.25, 0.3) is 11.3 Å². The third-order valence-corrected chi connectivity index (χ3v) is 4.66. The van der Waals surface area contributed by atoms with Crippen molar-refractivity contribution in [3.8, 4) is 22.8 Å². The van der Waals surface area contributed by atoms with Crippen molar-refractivity contribution in [3.63, 3.8) is 0 Å². The van der Waals surface area contributed by atoms with E-state index >= 15 is 0 Å². The Morgan fingerprint density at radius 2 is 1.96 bits per heavy atom. The summed E-state index contributed by atoms with van der Waals surface area (Å²) in [5, 5.41) is 5.23. The van der Waals surface area contributed by atoms with Crippen LogP contribution in [0.3, 0.4) is 0 Å². The molecule has 0 spiro atoms. The number of nitrogens with one attached hydrogen (secondary N) is 1. The number of carbonyl (C=O) groups is 1. The summed E-state index contributed by atoms with van der Waals surface area (Å²) < 4.78 is 11.1. The van der Waals surface area contributed by atoms with E-state index in [0.717, 1.165) is 22.6 Å². The molecule has 0 unspecified atom stereocenters. The normalized spacial score (nSPS) is 10.3. The van der Waals surface area contributed by atoms with Crippen LogP contribution in [0.4, 0.5) is 5.13 Å². The summed E-state index contributed by atoms with van der Waals surface area (Å²) in [5.41, 5.74) is 2.77. The minimum Gasteiger partial charge on any atom is -0.494 e. The Bertz CT molecular complexity index is 935. The molecule has 3 aromatic rings. The predicted molar refractivity (Wildman–Crippen MR) is 113 cm³/mol. The summed E-state index contributed by atoms with van der Waals surface area (Å²) in [7, 11) is 0. The maximum absolute atomic E-state index is 12.2. The Morgan fingerprint density at radius 1 is 1.18 bits per heavy atom. The van der Waals surface area contributed by atoms with Gasteiger partial charge in [-0.3, -0.25) is 10.1 Å². The van der Waals surface area contributed by atoms with Crippen molar-refractivity contribution in [2.24, 2.45) is 0 Å². The first-order valence-corrected chi connectivity index (χ1v) is 9.87. The lowest BCUT2D eigenvalue weighted by Gasteiger charge is -2.09. The zero-order valence-electron chi connectivity index (χ0n) is 15.7. The van der Waals surface area contributed by atoms with E-state index in [9.17, 15) is 4.79 Å². The number of anilines is 1. The molecule has 1 amide bonds. The lowest BCUT2D eigenvalue weighted by molar-refractivity contribution is -0.118. The van der Waals surface area contributed by atoms with Crippen LogP contribution in [0.1, 0.15) is 12.5 Å².